The number of fused-ring (bicyclic) bond motifs is 2. The SMILES string of the molecule is Cc1ccccc1-c1cc(C(=O)N2CCN(c3nccc4ccccc34)CC2)cc2c1CNC(=O)N2c1c(C)cccc1C. The van der Waals surface area contributed by atoms with Crippen LogP contribution in [0, 0.1) is 20.8 Å². The lowest BCUT2D eigenvalue weighted by atomic mass is 9.90. The fraction of sp³-hybridized carbons (Fsp3) is 0.216. The summed E-state index contributed by atoms with van der Waals surface area (Å²) in [5.41, 5.74) is 8.35. The Morgan fingerprint density at radius 3 is 2.25 bits per heavy atom. The maximum Gasteiger partial charge on any atom is 0.326 e. The quantitative estimate of drug-likeness (QED) is 0.245. The molecule has 2 aliphatic heterocycles. The van der Waals surface area contributed by atoms with E-state index in [1.807, 2.05) is 85.6 Å². The van der Waals surface area contributed by atoms with Crippen molar-refractivity contribution in [2.75, 3.05) is 36.0 Å². The zero-order valence-corrected chi connectivity index (χ0v) is 25.3. The van der Waals surface area contributed by atoms with Crippen molar-refractivity contribution in [1.82, 2.24) is 15.2 Å². The number of hydrogen-bond donors (Lipinski definition) is 1. The lowest BCUT2D eigenvalue weighted by Gasteiger charge is -2.37. The normalized spacial score (nSPS) is 14.9. The van der Waals surface area contributed by atoms with Crippen molar-refractivity contribution in [3.8, 4) is 11.1 Å². The number of carbonyl (C=O) groups is 2. The number of benzene rings is 4. The molecule has 7 rings (SSSR count). The van der Waals surface area contributed by atoms with Gasteiger partial charge in [-0.2, -0.15) is 0 Å². The topological polar surface area (TPSA) is 68.8 Å². The molecule has 4 aromatic carbocycles. The summed E-state index contributed by atoms with van der Waals surface area (Å²) in [4.78, 5) is 38.4. The molecule has 3 amide bonds. The second-order valence-electron chi connectivity index (χ2n) is 11.7. The van der Waals surface area contributed by atoms with Crippen molar-refractivity contribution in [2.45, 2.75) is 27.3 Å². The molecule has 0 aliphatic carbocycles. The minimum Gasteiger partial charge on any atom is -0.353 e. The van der Waals surface area contributed by atoms with E-state index in [2.05, 4.69) is 41.4 Å². The van der Waals surface area contributed by atoms with E-state index < -0.39 is 0 Å². The fourth-order valence-corrected chi connectivity index (χ4v) is 6.67. The molecule has 1 fully saturated rings. The number of rotatable bonds is 4. The van der Waals surface area contributed by atoms with E-state index in [-0.39, 0.29) is 11.9 Å². The van der Waals surface area contributed by atoms with Gasteiger partial charge in [0.1, 0.15) is 5.82 Å². The van der Waals surface area contributed by atoms with Crippen LogP contribution in [0.5, 0.6) is 0 Å². The first kappa shape index (κ1) is 27.7. The van der Waals surface area contributed by atoms with Crippen molar-refractivity contribution in [2.24, 2.45) is 0 Å². The maximum atomic E-state index is 14.2. The second kappa shape index (κ2) is 11.2. The Labute approximate surface area is 257 Å². The van der Waals surface area contributed by atoms with Gasteiger partial charge in [-0.25, -0.2) is 9.78 Å². The van der Waals surface area contributed by atoms with Gasteiger partial charge in [-0.3, -0.25) is 9.69 Å². The van der Waals surface area contributed by atoms with Gasteiger partial charge < -0.3 is 15.1 Å². The molecule has 0 bridgehead atoms. The molecular weight excluding hydrogens is 546 g/mol. The van der Waals surface area contributed by atoms with Gasteiger partial charge in [-0.15, -0.1) is 0 Å². The molecule has 7 heteroatoms. The Balaban J connectivity index is 1.27. The largest absolute Gasteiger partial charge is 0.353 e. The number of nitrogens with one attached hydrogen (secondary N) is 1. The predicted molar refractivity (Wildman–Crippen MR) is 177 cm³/mol. The summed E-state index contributed by atoms with van der Waals surface area (Å²) in [5, 5.41) is 5.38. The van der Waals surface area contributed by atoms with E-state index >= 15 is 0 Å². The molecule has 1 N–H and O–H groups in total. The summed E-state index contributed by atoms with van der Waals surface area (Å²) in [6.45, 7) is 9.07. The summed E-state index contributed by atoms with van der Waals surface area (Å²) in [6, 6.07) is 28.3. The van der Waals surface area contributed by atoms with E-state index in [0.717, 1.165) is 61.3 Å². The van der Waals surface area contributed by atoms with E-state index in [9.17, 15) is 9.59 Å². The molecule has 0 radical (unpaired) electrons. The second-order valence-corrected chi connectivity index (χ2v) is 11.7. The molecule has 220 valence electrons. The zero-order valence-electron chi connectivity index (χ0n) is 25.3. The molecule has 0 saturated carbocycles. The molecule has 3 heterocycles. The van der Waals surface area contributed by atoms with Crippen LogP contribution in [0.15, 0.2) is 91.1 Å². The number of aromatic nitrogens is 1. The molecule has 0 unspecified atom stereocenters. The number of hydrogen-bond acceptors (Lipinski definition) is 4. The Morgan fingerprint density at radius 2 is 1.48 bits per heavy atom. The Morgan fingerprint density at radius 1 is 0.773 bits per heavy atom. The highest BCUT2D eigenvalue weighted by Crippen LogP contribution is 2.42. The molecule has 44 heavy (non-hydrogen) atoms. The number of anilines is 3. The molecule has 5 aromatic rings. The average Bonchev–Trinajstić information content (AvgIpc) is 3.05. The lowest BCUT2D eigenvalue weighted by molar-refractivity contribution is 0.0746. The average molecular weight is 582 g/mol. The number of pyridine rings is 1. The van der Waals surface area contributed by atoms with E-state index in [0.29, 0.717) is 38.3 Å². The number of amides is 3. The molecule has 2 aliphatic rings. The highest BCUT2D eigenvalue weighted by Gasteiger charge is 2.32. The third kappa shape index (κ3) is 4.74. The number of nitrogens with zero attached hydrogens (tertiary/aromatic N) is 4. The zero-order chi connectivity index (χ0) is 30.4. The number of piperazine rings is 1. The molecule has 7 nitrogen and oxygen atoms in total. The van der Waals surface area contributed by atoms with Gasteiger partial charge in [0.2, 0.25) is 0 Å². The third-order valence-corrected chi connectivity index (χ3v) is 8.95. The standard InChI is InChI=1S/C37H35N5O2/c1-24-9-4-6-13-29(24)31-21-28(22-33-32(31)23-39-37(44)42(33)34-25(2)10-8-11-26(34)3)36(43)41-19-17-40(18-20-41)35-30-14-7-5-12-27(30)15-16-38-35/h4-16,21-22H,17-20,23H2,1-3H3,(H,39,44). The third-order valence-electron chi connectivity index (χ3n) is 8.95. The van der Waals surface area contributed by atoms with Gasteiger partial charge in [0.15, 0.2) is 0 Å². The van der Waals surface area contributed by atoms with Crippen LogP contribution in [-0.2, 0) is 6.54 Å². The van der Waals surface area contributed by atoms with Crippen LogP contribution >= 0.6 is 0 Å². The van der Waals surface area contributed by atoms with Crippen LogP contribution in [0.25, 0.3) is 21.9 Å². The molecule has 1 saturated heterocycles. The van der Waals surface area contributed by atoms with Crippen LogP contribution in [0.2, 0.25) is 0 Å². The molecule has 0 atom stereocenters. The van der Waals surface area contributed by atoms with E-state index in [1.165, 1.54) is 0 Å². The summed E-state index contributed by atoms with van der Waals surface area (Å²) < 4.78 is 0. The number of urea groups is 1. The lowest BCUT2D eigenvalue weighted by Crippen LogP contribution is -2.49. The molecular formula is C37H35N5O2. The van der Waals surface area contributed by atoms with Gasteiger partial charge in [-0.1, -0.05) is 66.7 Å². The first-order valence-electron chi connectivity index (χ1n) is 15.2. The van der Waals surface area contributed by atoms with Crippen molar-refractivity contribution < 1.29 is 9.59 Å². The first-order valence-corrected chi connectivity index (χ1v) is 15.2. The summed E-state index contributed by atoms with van der Waals surface area (Å²) in [7, 11) is 0. The maximum absolute atomic E-state index is 14.2. The van der Waals surface area contributed by atoms with E-state index in [1.54, 1.807) is 4.90 Å². The van der Waals surface area contributed by atoms with Crippen molar-refractivity contribution in [3.63, 3.8) is 0 Å². The van der Waals surface area contributed by atoms with Crippen LogP contribution in [-0.4, -0.2) is 48.0 Å². The Bertz CT molecular complexity index is 1900. The summed E-state index contributed by atoms with van der Waals surface area (Å²) >= 11 is 0. The minimum absolute atomic E-state index is 0.0272. The van der Waals surface area contributed by atoms with Gasteiger partial charge in [0, 0.05) is 55.4 Å². The van der Waals surface area contributed by atoms with Gasteiger partial charge >= 0.3 is 6.03 Å². The van der Waals surface area contributed by atoms with Crippen LogP contribution in [0.3, 0.4) is 0 Å². The minimum atomic E-state index is -0.188. The van der Waals surface area contributed by atoms with Crippen molar-refractivity contribution in [1.29, 1.82) is 0 Å². The van der Waals surface area contributed by atoms with E-state index in [4.69, 9.17) is 4.98 Å². The number of aryl methyl sites for hydroxylation is 3. The smallest absolute Gasteiger partial charge is 0.326 e. The van der Waals surface area contributed by atoms with Gasteiger partial charge in [0.25, 0.3) is 5.91 Å². The number of para-hydroxylation sites is 1. The highest BCUT2D eigenvalue weighted by atomic mass is 16.2. The summed E-state index contributed by atoms with van der Waals surface area (Å²) in [5.74, 6) is 0.932. The van der Waals surface area contributed by atoms with Crippen LogP contribution in [0.4, 0.5) is 22.0 Å². The number of carbonyl (C=O) groups excluding carboxylic acids is 2. The first-order chi connectivity index (χ1) is 21.4. The van der Waals surface area contributed by atoms with Crippen LogP contribution < -0.4 is 15.1 Å². The van der Waals surface area contributed by atoms with Crippen molar-refractivity contribution >= 4 is 39.9 Å². The molecule has 0 spiro atoms. The Hall–Kier alpha value is -5.17. The highest BCUT2D eigenvalue weighted by molar-refractivity contribution is 6.07. The van der Waals surface area contributed by atoms with Gasteiger partial charge in [-0.05, 0) is 72.2 Å². The summed E-state index contributed by atoms with van der Waals surface area (Å²) in [6.07, 6.45) is 1.85. The monoisotopic (exact) mass is 581 g/mol. The van der Waals surface area contributed by atoms with Crippen LogP contribution in [0.1, 0.15) is 32.6 Å². The predicted octanol–water partition coefficient (Wildman–Crippen LogP) is 7.15. The molecule has 1 aromatic heterocycles. The Kier molecular flexibility index (Phi) is 7.01. The van der Waals surface area contributed by atoms with Crippen molar-refractivity contribution in [3.05, 3.63) is 119 Å². The fourth-order valence-electron chi connectivity index (χ4n) is 6.67. The van der Waals surface area contributed by atoms with Gasteiger partial charge in [0.05, 0.1) is 11.4 Å².